The van der Waals surface area contributed by atoms with Crippen LogP contribution in [-0.4, -0.2) is 20.4 Å². The summed E-state index contributed by atoms with van der Waals surface area (Å²) in [5, 5.41) is 10.8. The molecule has 0 amide bonds. The molecule has 1 fully saturated rings. The summed E-state index contributed by atoms with van der Waals surface area (Å²) in [5.41, 5.74) is 3.47. The van der Waals surface area contributed by atoms with E-state index in [1.165, 1.54) is 30.7 Å². The highest BCUT2D eigenvalue weighted by Crippen LogP contribution is 2.30. The van der Waals surface area contributed by atoms with Crippen LogP contribution in [-0.2, 0) is 19.6 Å². The monoisotopic (exact) mass is 379 g/mol. The summed E-state index contributed by atoms with van der Waals surface area (Å²) < 4.78 is 15.3. The van der Waals surface area contributed by atoms with Crippen molar-refractivity contribution in [3.8, 4) is 0 Å². The number of nitro groups is 1. The third-order valence-electron chi connectivity index (χ3n) is 5.15. The molecule has 4 rings (SSSR count). The van der Waals surface area contributed by atoms with Gasteiger partial charge in [0.15, 0.2) is 0 Å². The maximum atomic E-state index is 13.1. The van der Waals surface area contributed by atoms with Crippen LogP contribution in [0.2, 0.25) is 0 Å². The Hall–Kier alpha value is -2.99. The van der Waals surface area contributed by atoms with Crippen molar-refractivity contribution in [2.75, 3.05) is 0 Å². The zero-order valence-corrected chi connectivity index (χ0v) is 15.5. The van der Waals surface area contributed by atoms with Crippen LogP contribution in [0.1, 0.15) is 29.7 Å². The van der Waals surface area contributed by atoms with Crippen molar-refractivity contribution in [3.63, 3.8) is 0 Å². The minimum absolute atomic E-state index is 0.120. The standard InChI is InChI=1S/C22H22FN3O2/c23-19-7-3-17(4-8-19)14-24-13-1-2-22(24)16-25(20-11-12-20)15-18-5-9-21(10-6-18)26(27)28/h1-10,13,20H,11-12,14-16H2. The number of aromatic nitrogens is 1. The highest BCUT2D eigenvalue weighted by Gasteiger charge is 2.29. The lowest BCUT2D eigenvalue weighted by molar-refractivity contribution is -0.384. The van der Waals surface area contributed by atoms with Crippen LogP contribution >= 0.6 is 0 Å². The fourth-order valence-electron chi connectivity index (χ4n) is 3.45. The second-order valence-corrected chi connectivity index (χ2v) is 7.31. The summed E-state index contributed by atoms with van der Waals surface area (Å²) in [6.45, 7) is 2.29. The first kappa shape index (κ1) is 18.4. The molecule has 0 bridgehead atoms. The quantitative estimate of drug-likeness (QED) is 0.419. The molecule has 0 saturated heterocycles. The third kappa shape index (κ3) is 4.46. The topological polar surface area (TPSA) is 51.3 Å². The van der Waals surface area contributed by atoms with Gasteiger partial charge in [0, 0.05) is 49.7 Å². The number of non-ortho nitro benzene ring substituents is 1. The van der Waals surface area contributed by atoms with Crippen LogP contribution in [0.5, 0.6) is 0 Å². The van der Waals surface area contributed by atoms with Gasteiger partial charge in [0.1, 0.15) is 5.82 Å². The van der Waals surface area contributed by atoms with Crippen LogP contribution in [0.3, 0.4) is 0 Å². The Bertz CT molecular complexity index is 947. The summed E-state index contributed by atoms with van der Waals surface area (Å²) in [4.78, 5) is 12.9. The van der Waals surface area contributed by atoms with E-state index in [1.54, 1.807) is 12.1 Å². The van der Waals surface area contributed by atoms with Gasteiger partial charge in [-0.3, -0.25) is 15.0 Å². The van der Waals surface area contributed by atoms with Crippen molar-refractivity contribution in [1.29, 1.82) is 0 Å². The van der Waals surface area contributed by atoms with Crippen molar-refractivity contribution in [2.24, 2.45) is 0 Å². The SMILES string of the molecule is O=[N+]([O-])c1ccc(CN(Cc2cccn2Cc2ccc(F)cc2)C2CC2)cc1. The molecule has 1 aliphatic carbocycles. The highest BCUT2D eigenvalue weighted by molar-refractivity contribution is 5.33. The smallest absolute Gasteiger partial charge is 0.269 e. The molecule has 1 aromatic heterocycles. The lowest BCUT2D eigenvalue weighted by Crippen LogP contribution is -2.26. The molecule has 0 N–H and O–H groups in total. The van der Waals surface area contributed by atoms with E-state index >= 15 is 0 Å². The molecular formula is C22H22FN3O2. The Balaban J connectivity index is 1.46. The first-order chi connectivity index (χ1) is 13.6. The van der Waals surface area contributed by atoms with Gasteiger partial charge in [-0.15, -0.1) is 0 Å². The second-order valence-electron chi connectivity index (χ2n) is 7.31. The second kappa shape index (κ2) is 7.94. The van der Waals surface area contributed by atoms with Gasteiger partial charge in [0.2, 0.25) is 0 Å². The van der Waals surface area contributed by atoms with Crippen molar-refractivity contribution < 1.29 is 9.31 Å². The molecule has 3 aromatic rings. The zero-order valence-electron chi connectivity index (χ0n) is 15.5. The minimum atomic E-state index is -0.370. The normalized spacial score (nSPS) is 13.8. The lowest BCUT2D eigenvalue weighted by atomic mass is 10.2. The first-order valence-corrected chi connectivity index (χ1v) is 9.44. The Morgan fingerprint density at radius 1 is 1.00 bits per heavy atom. The van der Waals surface area contributed by atoms with Gasteiger partial charge in [-0.1, -0.05) is 24.3 Å². The van der Waals surface area contributed by atoms with E-state index in [2.05, 4.69) is 21.7 Å². The Morgan fingerprint density at radius 2 is 1.68 bits per heavy atom. The molecule has 1 saturated carbocycles. The molecule has 1 aliphatic rings. The summed E-state index contributed by atoms with van der Waals surface area (Å²) in [7, 11) is 0. The predicted molar refractivity (Wildman–Crippen MR) is 105 cm³/mol. The summed E-state index contributed by atoms with van der Waals surface area (Å²) in [6.07, 6.45) is 4.42. The maximum Gasteiger partial charge on any atom is 0.269 e. The van der Waals surface area contributed by atoms with Crippen molar-refractivity contribution >= 4 is 5.69 Å². The molecule has 5 nitrogen and oxygen atoms in total. The van der Waals surface area contributed by atoms with Gasteiger partial charge >= 0.3 is 0 Å². The Morgan fingerprint density at radius 3 is 2.32 bits per heavy atom. The van der Waals surface area contributed by atoms with Crippen molar-refractivity contribution in [2.45, 2.75) is 38.5 Å². The molecule has 144 valence electrons. The number of halogens is 1. The van der Waals surface area contributed by atoms with E-state index in [9.17, 15) is 14.5 Å². The predicted octanol–water partition coefficient (Wildman–Crippen LogP) is 4.75. The number of benzene rings is 2. The number of nitro benzene ring substituents is 1. The number of hydrogen-bond donors (Lipinski definition) is 0. The summed E-state index contributed by atoms with van der Waals surface area (Å²) >= 11 is 0. The Kier molecular flexibility index (Phi) is 5.21. The average Bonchev–Trinajstić information content (AvgIpc) is 3.45. The fourth-order valence-corrected chi connectivity index (χ4v) is 3.45. The summed E-state index contributed by atoms with van der Waals surface area (Å²) in [6, 6.07) is 18.1. The third-order valence-corrected chi connectivity index (χ3v) is 5.15. The fraction of sp³-hybridized carbons (Fsp3) is 0.273. The molecule has 1 heterocycles. The maximum absolute atomic E-state index is 13.1. The van der Waals surface area contributed by atoms with E-state index in [4.69, 9.17) is 0 Å². The molecule has 0 aliphatic heterocycles. The van der Waals surface area contributed by atoms with Gasteiger partial charge in [-0.2, -0.15) is 0 Å². The summed E-state index contributed by atoms with van der Waals surface area (Å²) in [5.74, 6) is -0.223. The van der Waals surface area contributed by atoms with Crippen LogP contribution in [0.4, 0.5) is 10.1 Å². The largest absolute Gasteiger partial charge is 0.346 e. The van der Waals surface area contributed by atoms with Crippen LogP contribution in [0, 0.1) is 15.9 Å². The Labute approximate surface area is 163 Å². The number of hydrogen-bond acceptors (Lipinski definition) is 3. The number of nitrogens with zero attached hydrogens (tertiary/aromatic N) is 3. The van der Waals surface area contributed by atoms with E-state index < -0.39 is 0 Å². The molecule has 0 radical (unpaired) electrons. The van der Waals surface area contributed by atoms with Gasteiger partial charge in [0.25, 0.3) is 5.69 Å². The van der Waals surface area contributed by atoms with E-state index in [-0.39, 0.29) is 16.4 Å². The first-order valence-electron chi connectivity index (χ1n) is 9.44. The van der Waals surface area contributed by atoms with Gasteiger partial charge < -0.3 is 4.57 Å². The van der Waals surface area contributed by atoms with E-state index in [0.29, 0.717) is 12.6 Å². The molecule has 6 heteroatoms. The molecule has 28 heavy (non-hydrogen) atoms. The lowest BCUT2D eigenvalue weighted by Gasteiger charge is -2.23. The van der Waals surface area contributed by atoms with E-state index in [1.807, 2.05) is 30.3 Å². The molecule has 0 atom stereocenters. The molecular weight excluding hydrogens is 357 g/mol. The minimum Gasteiger partial charge on any atom is -0.346 e. The molecule has 2 aromatic carbocycles. The van der Waals surface area contributed by atoms with E-state index in [0.717, 1.165) is 24.2 Å². The highest BCUT2D eigenvalue weighted by atomic mass is 19.1. The van der Waals surface area contributed by atoms with Crippen LogP contribution in [0.15, 0.2) is 66.9 Å². The number of rotatable bonds is 8. The van der Waals surface area contributed by atoms with Gasteiger partial charge in [-0.05, 0) is 48.2 Å². The van der Waals surface area contributed by atoms with Crippen LogP contribution < -0.4 is 0 Å². The average molecular weight is 379 g/mol. The molecule has 0 unspecified atom stereocenters. The van der Waals surface area contributed by atoms with Crippen LogP contribution in [0.25, 0.3) is 0 Å². The van der Waals surface area contributed by atoms with Crippen molar-refractivity contribution in [3.05, 3.63) is 99.6 Å². The molecule has 0 spiro atoms. The zero-order chi connectivity index (χ0) is 19.5. The van der Waals surface area contributed by atoms with Gasteiger partial charge in [-0.25, -0.2) is 4.39 Å². The van der Waals surface area contributed by atoms with Crippen molar-refractivity contribution in [1.82, 2.24) is 9.47 Å². The van der Waals surface area contributed by atoms with Gasteiger partial charge in [0.05, 0.1) is 4.92 Å².